The number of halogens is 5. The van der Waals surface area contributed by atoms with E-state index in [0.717, 1.165) is 6.07 Å². The minimum Gasteiger partial charge on any atom is -0.274 e. The third-order valence-electron chi connectivity index (χ3n) is 2.98. The van der Waals surface area contributed by atoms with E-state index >= 15 is 0 Å². The minimum absolute atomic E-state index is 0.0983. The van der Waals surface area contributed by atoms with Gasteiger partial charge in [-0.3, -0.25) is 4.72 Å². The van der Waals surface area contributed by atoms with Crippen LogP contribution in [-0.4, -0.2) is 17.2 Å². The highest BCUT2D eigenvalue weighted by Crippen LogP contribution is 2.30. The molecule has 0 bridgehead atoms. The van der Waals surface area contributed by atoms with Crippen LogP contribution >= 0.6 is 11.7 Å². The smallest absolute Gasteiger partial charge is 0.264 e. The Hall–Kier alpha value is -2.34. The molecule has 0 aliphatic rings. The quantitative estimate of drug-likeness (QED) is 0.430. The van der Waals surface area contributed by atoms with Gasteiger partial charge in [0.05, 0.1) is 11.7 Å². The van der Waals surface area contributed by atoms with Gasteiger partial charge in [-0.05, 0) is 12.1 Å². The number of hydrogen-bond acceptors (Lipinski definition) is 5. The largest absolute Gasteiger partial charge is 0.274 e. The topological polar surface area (TPSA) is 72.0 Å². The molecule has 0 aliphatic carbocycles. The van der Waals surface area contributed by atoms with E-state index in [4.69, 9.17) is 0 Å². The van der Waals surface area contributed by atoms with Crippen molar-refractivity contribution < 1.29 is 30.4 Å². The van der Waals surface area contributed by atoms with Crippen molar-refractivity contribution in [3.8, 4) is 0 Å². The molecule has 2 aromatic carbocycles. The van der Waals surface area contributed by atoms with E-state index in [0.29, 0.717) is 11.7 Å². The molecular formula is C12H4F5N3O2S2. The Balaban J connectivity index is 2.17. The number of fused-ring (bicyclic) bond motifs is 1. The lowest BCUT2D eigenvalue weighted by Crippen LogP contribution is -2.18. The van der Waals surface area contributed by atoms with E-state index in [9.17, 15) is 30.4 Å². The molecular weight excluding hydrogens is 377 g/mol. The van der Waals surface area contributed by atoms with Gasteiger partial charge >= 0.3 is 0 Å². The van der Waals surface area contributed by atoms with Crippen LogP contribution in [0.2, 0.25) is 0 Å². The Labute approximate surface area is 135 Å². The lowest BCUT2D eigenvalue weighted by Gasteiger charge is -2.11. The predicted octanol–water partition coefficient (Wildman–Crippen LogP) is 3.19. The van der Waals surface area contributed by atoms with Crippen molar-refractivity contribution in [2.45, 2.75) is 4.90 Å². The summed E-state index contributed by atoms with van der Waals surface area (Å²) in [5.41, 5.74) is -1.58. The summed E-state index contributed by atoms with van der Waals surface area (Å²) in [6.45, 7) is 0. The first-order valence-corrected chi connectivity index (χ1v) is 8.21. The lowest BCUT2D eigenvalue weighted by atomic mass is 10.2. The van der Waals surface area contributed by atoms with Crippen LogP contribution in [0, 0.1) is 29.1 Å². The van der Waals surface area contributed by atoms with Crippen LogP contribution in [0.4, 0.5) is 27.6 Å². The Bertz CT molecular complexity index is 1040. The molecule has 1 heterocycles. The standard InChI is InChI=1S/C12H4F5N3O2S2/c13-6-7(14)9(16)12(10(17)8(6)15)20-24(21,22)5-3-1-2-4-11(5)19-23-18-4/h1-3,20H. The van der Waals surface area contributed by atoms with Crippen LogP contribution in [0.5, 0.6) is 0 Å². The molecule has 126 valence electrons. The summed E-state index contributed by atoms with van der Waals surface area (Å²) < 4.78 is 100. The summed E-state index contributed by atoms with van der Waals surface area (Å²) in [5.74, 6) is -11.5. The highest BCUT2D eigenvalue weighted by Gasteiger charge is 2.29. The van der Waals surface area contributed by atoms with E-state index in [-0.39, 0.29) is 11.0 Å². The molecule has 3 aromatic rings. The van der Waals surface area contributed by atoms with Gasteiger partial charge in [-0.15, -0.1) is 0 Å². The highest BCUT2D eigenvalue weighted by atomic mass is 32.2. The maximum atomic E-state index is 13.6. The summed E-state index contributed by atoms with van der Waals surface area (Å²) >= 11 is 0.693. The van der Waals surface area contributed by atoms with Crippen molar-refractivity contribution in [1.82, 2.24) is 8.75 Å². The molecule has 0 spiro atoms. The number of hydrogen-bond donors (Lipinski definition) is 1. The second-order valence-corrected chi connectivity index (χ2v) is 6.62. The van der Waals surface area contributed by atoms with Crippen LogP contribution < -0.4 is 4.72 Å². The average Bonchev–Trinajstić information content (AvgIpc) is 3.03. The predicted molar refractivity (Wildman–Crippen MR) is 74.5 cm³/mol. The second kappa shape index (κ2) is 5.63. The number of nitrogens with zero attached hydrogens (tertiary/aromatic N) is 2. The fourth-order valence-electron chi connectivity index (χ4n) is 1.88. The van der Waals surface area contributed by atoms with Gasteiger partial charge in [0.1, 0.15) is 21.6 Å². The van der Waals surface area contributed by atoms with Crippen molar-refractivity contribution in [2.24, 2.45) is 0 Å². The van der Waals surface area contributed by atoms with Gasteiger partial charge in [-0.25, -0.2) is 30.4 Å². The molecule has 0 fully saturated rings. The zero-order chi connectivity index (χ0) is 17.6. The van der Waals surface area contributed by atoms with Crippen LogP contribution in [0.25, 0.3) is 11.0 Å². The number of rotatable bonds is 3. The van der Waals surface area contributed by atoms with Crippen molar-refractivity contribution in [1.29, 1.82) is 0 Å². The molecule has 1 aromatic heterocycles. The first-order chi connectivity index (χ1) is 11.2. The molecule has 1 N–H and O–H groups in total. The minimum atomic E-state index is -4.68. The fraction of sp³-hybridized carbons (Fsp3) is 0. The summed E-state index contributed by atoms with van der Waals surface area (Å²) in [4.78, 5) is -0.516. The number of anilines is 1. The Morgan fingerprint density at radius 2 is 1.46 bits per heavy atom. The van der Waals surface area contributed by atoms with Crippen LogP contribution in [0.1, 0.15) is 0 Å². The van der Waals surface area contributed by atoms with Gasteiger partial charge in [-0.1, -0.05) is 6.07 Å². The molecule has 0 amide bonds. The van der Waals surface area contributed by atoms with E-state index < -0.39 is 49.7 Å². The lowest BCUT2D eigenvalue weighted by molar-refractivity contribution is 0.382. The molecule has 0 atom stereocenters. The third-order valence-corrected chi connectivity index (χ3v) is 4.91. The van der Waals surface area contributed by atoms with Gasteiger partial charge < -0.3 is 0 Å². The van der Waals surface area contributed by atoms with Crippen molar-refractivity contribution >= 4 is 38.5 Å². The Kier molecular flexibility index (Phi) is 3.87. The zero-order valence-electron chi connectivity index (χ0n) is 11.1. The van der Waals surface area contributed by atoms with E-state index in [1.54, 1.807) is 0 Å². The number of benzene rings is 2. The number of nitrogens with one attached hydrogen (secondary N) is 1. The molecule has 0 unspecified atom stereocenters. The van der Waals surface area contributed by atoms with Crippen molar-refractivity contribution in [3.63, 3.8) is 0 Å². The summed E-state index contributed by atoms with van der Waals surface area (Å²) in [5, 5.41) is 0. The van der Waals surface area contributed by atoms with E-state index in [1.165, 1.54) is 16.9 Å². The third kappa shape index (κ3) is 2.47. The highest BCUT2D eigenvalue weighted by molar-refractivity contribution is 7.93. The maximum absolute atomic E-state index is 13.6. The van der Waals surface area contributed by atoms with E-state index in [1.807, 2.05) is 0 Å². The monoisotopic (exact) mass is 381 g/mol. The molecule has 0 saturated carbocycles. The Morgan fingerprint density at radius 1 is 0.875 bits per heavy atom. The second-order valence-electron chi connectivity index (χ2n) is 4.44. The summed E-state index contributed by atoms with van der Waals surface area (Å²) in [7, 11) is -4.68. The van der Waals surface area contributed by atoms with Gasteiger partial charge in [0, 0.05) is 0 Å². The molecule has 0 aliphatic heterocycles. The first-order valence-electron chi connectivity index (χ1n) is 5.99. The normalized spacial score (nSPS) is 11.9. The first kappa shape index (κ1) is 16.5. The average molecular weight is 381 g/mol. The van der Waals surface area contributed by atoms with Crippen LogP contribution in [-0.2, 0) is 10.0 Å². The van der Waals surface area contributed by atoms with Gasteiger partial charge in [-0.2, -0.15) is 8.75 Å². The van der Waals surface area contributed by atoms with Gasteiger partial charge in [0.2, 0.25) is 5.82 Å². The van der Waals surface area contributed by atoms with Crippen molar-refractivity contribution in [2.75, 3.05) is 4.72 Å². The molecule has 5 nitrogen and oxygen atoms in total. The molecule has 0 saturated heterocycles. The summed E-state index contributed by atoms with van der Waals surface area (Å²) in [6.07, 6.45) is 0. The zero-order valence-corrected chi connectivity index (χ0v) is 12.8. The summed E-state index contributed by atoms with van der Waals surface area (Å²) in [6, 6.07) is 3.78. The van der Waals surface area contributed by atoms with Crippen LogP contribution in [0.3, 0.4) is 0 Å². The number of aromatic nitrogens is 2. The molecule has 3 rings (SSSR count). The van der Waals surface area contributed by atoms with Crippen LogP contribution in [0.15, 0.2) is 23.1 Å². The Morgan fingerprint density at radius 3 is 2.08 bits per heavy atom. The van der Waals surface area contributed by atoms with E-state index in [2.05, 4.69) is 8.75 Å². The molecule has 0 radical (unpaired) electrons. The maximum Gasteiger partial charge on any atom is 0.264 e. The molecule has 24 heavy (non-hydrogen) atoms. The van der Waals surface area contributed by atoms with Gasteiger partial charge in [0.25, 0.3) is 10.0 Å². The van der Waals surface area contributed by atoms with Crippen molar-refractivity contribution in [3.05, 3.63) is 47.3 Å². The molecule has 12 heteroatoms. The van der Waals surface area contributed by atoms with Gasteiger partial charge in [0.15, 0.2) is 23.3 Å². The SMILES string of the molecule is O=S(=O)(Nc1c(F)c(F)c(F)c(F)c1F)c1cccc2nsnc12. The fourth-order valence-corrected chi connectivity index (χ4v) is 3.71. The number of sulfonamides is 1.